The van der Waals surface area contributed by atoms with E-state index in [-0.39, 0.29) is 24.5 Å². The molecule has 0 aliphatic carbocycles. The molecular weight excluding hydrogens is 354 g/mol. The number of nitrogens with zero attached hydrogens (tertiary/aromatic N) is 1. The molecule has 0 radical (unpaired) electrons. The Morgan fingerprint density at radius 1 is 1.26 bits per heavy atom. The van der Waals surface area contributed by atoms with Gasteiger partial charge >= 0.3 is 5.97 Å². The minimum atomic E-state index is -0.839. The molecule has 2 aliphatic heterocycles. The van der Waals surface area contributed by atoms with Gasteiger partial charge in [0, 0.05) is 12.1 Å². The quantitative estimate of drug-likeness (QED) is 0.754. The van der Waals surface area contributed by atoms with Crippen molar-refractivity contribution in [1.29, 1.82) is 0 Å². The summed E-state index contributed by atoms with van der Waals surface area (Å²) in [6.45, 7) is 1.64. The number of ether oxygens (including phenoxy) is 2. The second kappa shape index (κ2) is 8.28. The average molecular weight is 379 g/mol. The third-order valence-electron chi connectivity index (χ3n) is 5.67. The fourth-order valence-corrected chi connectivity index (χ4v) is 4.44. The Morgan fingerprint density at radius 2 is 1.81 bits per heavy atom. The van der Waals surface area contributed by atoms with Crippen molar-refractivity contribution in [2.45, 2.75) is 44.7 Å². The number of methoxy groups -OCH3 is 2. The molecular formula is C19H25NO7. The highest BCUT2D eigenvalue weighted by molar-refractivity contribution is 6.01. The van der Waals surface area contributed by atoms with Crippen LogP contribution < -0.4 is 9.47 Å². The third kappa shape index (κ3) is 3.31. The molecule has 0 saturated carbocycles. The first-order valence-corrected chi connectivity index (χ1v) is 8.76. The summed E-state index contributed by atoms with van der Waals surface area (Å²) in [6.07, 6.45) is 2.62. The molecule has 2 bridgehead atoms. The number of aliphatic carboxylic acids is 1. The predicted octanol–water partition coefficient (Wildman–Crippen LogP) is 2.26. The maximum absolute atomic E-state index is 13.3. The molecule has 2 aliphatic rings. The van der Waals surface area contributed by atoms with Crippen LogP contribution in [0.2, 0.25) is 0 Å². The van der Waals surface area contributed by atoms with Crippen LogP contribution in [0.1, 0.15) is 43.0 Å². The van der Waals surface area contributed by atoms with Gasteiger partial charge in [0.25, 0.3) is 12.4 Å². The Kier molecular flexibility index (Phi) is 6.30. The zero-order chi connectivity index (χ0) is 20.2. The van der Waals surface area contributed by atoms with Gasteiger partial charge in [-0.2, -0.15) is 0 Å². The Balaban J connectivity index is 0.000000817. The van der Waals surface area contributed by atoms with E-state index in [0.717, 1.165) is 12.8 Å². The van der Waals surface area contributed by atoms with Crippen LogP contribution in [0.3, 0.4) is 0 Å². The Hall–Kier alpha value is -2.77. The molecule has 1 aromatic rings. The van der Waals surface area contributed by atoms with Crippen molar-refractivity contribution in [2.24, 2.45) is 5.41 Å². The normalized spacial score (nSPS) is 25.4. The summed E-state index contributed by atoms with van der Waals surface area (Å²) in [5, 5.41) is 16.7. The lowest BCUT2D eigenvalue weighted by atomic mass is 9.72. The lowest BCUT2D eigenvalue weighted by Gasteiger charge is -2.32. The largest absolute Gasteiger partial charge is 0.496 e. The number of carbonyl (C=O) groups is 3. The molecule has 148 valence electrons. The molecule has 0 spiro atoms. The maximum atomic E-state index is 13.3. The van der Waals surface area contributed by atoms with Crippen molar-refractivity contribution in [2.75, 3.05) is 14.2 Å². The second-order valence-electron chi connectivity index (χ2n) is 6.62. The number of carboxylic acid groups (broad SMARTS) is 2. The fraction of sp³-hybridized carbons (Fsp3) is 0.526. The first-order chi connectivity index (χ1) is 12.9. The second-order valence-corrected chi connectivity index (χ2v) is 6.62. The third-order valence-corrected chi connectivity index (χ3v) is 5.67. The Bertz CT molecular complexity index is 698. The van der Waals surface area contributed by atoms with Crippen molar-refractivity contribution in [1.82, 2.24) is 4.90 Å². The molecule has 2 fully saturated rings. The predicted molar refractivity (Wildman–Crippen MR) is 96.2 cm³/mol. The standard InChI is InChI=1S/C18H23NO5.CH2O2/c1-4-18(17(21)22)10-11-8-9-14(18)19(11)16(20)15-12(23-2)6-5-7-13(15)24-3;2-1-3/h5-7,11,14H,4,8-10H2,1-3H3,(H,21,22);1H,(H,2,3)/t11-,14+,18+;/m0./s1. The number of hydrogen-bond acceptors (Lipinski definition) is 5. The van der Waals surface area contributed by atoms with Crippen molar-refractivity contribution in [3.63, 3.8) is 0 Å². The van der Waals surface area contributed by atoms with E-state index >= 15 is 0 Å². The van der Waals surface area contributed by atoms with Gasteiger partial charge in [0.1, 0.15) is 17.1 Å². The molecule has 27 heavy (non-hydrogen) atoms. The first-order valence-electron chi connectivity index (χ1n) is 8.76. The van der Waals surface area contributed by atoms with Crippen molar-refractivity contribution in [3.05, 3.63) is 23.8 Å². The van der Waals surface area contributed by atoms with E-state index in [1.165, 1.54) is 14.2 Å². The van der Waals surface area contributed by atoms with Crippen molar-refractivity contribution < 1.29 is 34.1 Å². The molecule has 2 heterocycles. The summed E-state index contributed by atoms with van der Waals surface area (Å²) in [5.41, 5.74) is -0.468. The van der Waals surface area contributed by atoms with E-state index in [9.17, 15) is 14.7 Å². The smallest absolute Gasteiger partial charge is 0.311 e. The summed E-state index contributed by atoms with van der Waals surface area (Å²) in [4.78, 5) is 35.3. The summed E-state index contributed by atoms with van der Waals surface area (Å²) in [5.74, 6) is -0.110. The van der Waals surface area contributed by atoms with Gasteiger partial charge in [-0.15, -0.1) is 0 Å². The summed E-state index contributed by atoms with van der Waals surface area (Å²) < 4.78 is 10.7. The van der Waals surface area contributed by atoms with Crippen LogP contribution >= 0.6 is 0 Å². The highest BCUT2D eigenvalue weighted by atomic mass is 16.5. The van der Waals surface area contributed by atoms with Gasteiger partial charge < -0.3 is 24.6 Å². The van der Waals surface area contributed by atoms with Crippen molar-refractivity contribution >= 4 is 18.3 Å². The molecule has 0 unspecified atom stereocenters. The van der Waals surface area contributed by atoms with E-state index < -0.39 is 11.4 Å². The molecule has 3 atom stereocenters. The topological polar surface area (TPSA) is 113 Å². The monoisotopic (exact) mass is 379 g/mol. The van der Waals surface area contributed by atoms with Gasteiger partial charge in [-0.05, 0) is 37.8 Å². The number of amides is 1. The molecule has 8 nitrogen and oxygen atoms in total. The highest BCUT2D eigenvalue weighted by Crippen LogP contribution is 2.53. The van der Waals surface area contributed by atoms with E-state index in [4.69, 9.17) is 19.4 Å². The van der Waals surface area contributed by atoms with E-state index in [1.54, 1.807) is 23.1 Å². The number of carbonyl (C=O) groups excluding carboxylic acids is 1. The number of carboxylic acids is 1. The maximum Gasteiger partial charge on any atom is 0.311 e. The zero-order valence-corrected chi connectivity index (χ0v) is 15.7. The van der Waals surface area contributed by atoms with E-state index in [0.29, 0.717) is 29.9 Å². The van der Waals surface area contributed by atoms with E-state index in [1.807, 2.05) is 6.92 Å². The number of rotatable bonds is 5. The van der Waals surface area contributed by atoms with Crippen LogP contribution in [0.5, 0.6) is 11.5 Å². The van der Waals surface area contributed by atoms with Crippen LogP contribution in [-0.2, 0) is 9.59 Å². The van der Waals surface area contributed by atoms with Crippen LogP contribution in [0.15, 0.2) is 18.2 Å². The molecule has 1 amide bonds. The van der Waals surface area contributed by atoms with Crippen LogP contribution in [0.4, 0.5) is 0 Å². The minimum Gasteiger partial charge on any atom is -0.496 e. The lowest BCUT2D eigenvalue weighted by molar-refractivity contribution is -0.151. The molecule has 0 aromatic heterocycles. The Morgan fingerprint density at radius 3 is 2.22 bits per heavy atom. The van der Waals surface area contributed by atoms with Crippen molar-refractivity contribution in [3.8, 4) is 11.5 Å². The van der Waals surface area contributed by atoms with Crippen LogP contribution in [-0.4, -0.2) is 59.8 Å². The first kappa shape index (κ1) is 20.5. The number of benzene rings is 1. The molecule has 2 N–H and O–H groups in total. The Labute approximate surface area is 157 Å². The van der Waals surface area contributed by atoms with Crippen LogP contribution in [0.25, 0.3) is 0 Å². The number of fused-ring (bicyclic) bond motifs is 2. The minimum absolute atomic E-state index is 0.0341. The van der Waals surface area contributed by atoms with Gasteiger partial charge in [-0.1, -0.05) is 13.0 Å². The highest BCUT2D eigenvalue weighted by Gasteiger charge is 2.60. The average Bonchev–Trinajstić information content (AvgIpc) is 3.23. The fourth-order valence-electron chi connectivity index (χ4n) is 4.44. The van der Waals surface area contributed by atoms with Gasteiger partial charge in [0.2, 0.25) is 0 Å². The van der Waals surface area contributed by atoms with Gasteiger partial charge in [0.15, 0.2) is 0 Å². The number of hydrogen-bond donors (Lipinski definition) is 2. The summed E-state index contributed by atoms with van der Waals surface area (Å²) in [6, 6.07) is 4.90. The summed E-state index contributed by atoms with van der Waals surface area (Å²) >= 11 is 0. The lowest BCUT2D eigenvalue weighted by Crippen LogP contribution is -2.44. The molecule has 2 saturated heterocycles. The molecule has 8 heteroatoms. The SMILES string of the molecule is CC[C@@]1(C(=O)O)C[C@@H]2CC[C@H]1N2C(=O)c1c(OC)cccc1OC.O=CO. The van der Waals surface area contributed by atoms with Gasteiger partial charge in [-0.25, -0.2) is 0 Å². The van der Waals surface area contributed by atoms with Crippen LogP contribution in [0, 0.1) is 5.41 Å². The zero-order valence-electron chi connectivity index (χ0n) is 15.7. The van der Waals surface area contributed by atoms with Gasteiger partial charge in [-0.3, -0.25) is 14.4 Å². The molecule has 3 rings (SSSR count). The van der Waals surface area contributed by atoms with Gasteiger partial charge in [0.05, 0.1) is 19.6 Å². The summed E-state index contributed by atoms with van der Waals surface area (Å²) in [7, 11) is 3.02. The van der Waals surface area contributed by atoms with E-state index in [2.05, 4.69) is 0 Å². The molecule has 1 aromatic carbocycles.